The highest BCUT2D eigenvalue weighted by Crippen LogP contribution is 2.33. The van der Waals surface area contributed by atoms with Gasteiger partial charge in [-0.25, -0.2) is 0 Å². The van der Waals surface area contributed by atoms with Gasteiger partial charge in [-0.1, -0.05) is 35.5 Å². The largest absolute Gasteiger partial charge is 0.337 e. The van der Waals surface area contributed by atoms with Gasteiger partial charge < -0.3 is 9.42 Å². The first kappa shape index (κ1) is 16.0. The average Bonchev–Trinajstić information content (AvgIpc) is 3.37. The fourth-order valence-corrected chi connectivity index (χ4v) is 3.19. The Bertz CT molecular complexity index is 957. The minimum atomic E-state index is -0.219. The Morgan fingerprint density at radius 3 is 2.65 bits per heavy atom. The molecule has 0 aliphatic carbocycles. The van der Waals surface area contributed by atoms with Gasteiger partial charge in [0.15, 0.2) is 0 Å². The lowest BCUT2D eigenvalue weighted by molar-refractivity contribution is 0.0710. The van der Waals surface area contributed by atoms with Crippen LogP contribution in [0.1, 0.15) is 40.7 Å². The van der Waals surface area contributed by atoms with Crippen LogP contribution >= 0.6 is 0 Å². The van der Waals surface area contributed by atoms with E-state index in [1.165, 1.54) is 0 Å². The molecule has 1 saturated heterocycles. The zero-order valence-corrected chi connectivity index (χ0v) is 14.0. The second-order valence-electron chi connectivity index (χ2n) is 6.17. The topological polar surface area (TPSA) is 83.0 Å². The van der Waals surface area contributed by atoms with Gasteiger partial charge in [-0.15, -0.1) is 0 Å². The van der Waals surface area contributed by atoms with Crippen molar-refractivity contribution < 1.29 is 9.32 Å². The van der Waals surface area contributed by atoms with Gasteiger partial charge >= 0.3 is 0 Å². The summed E-state index contributed by atoms with van der Waals surface area (Å²) in [7, 11) is 0. The van der Waals surface area contributed by atoms with Crippen molar-refractivity contribution in [2.24, 2.45) is 0 Å². The normalized spacial score (nSPS) is 16.4. The number of amides is 1. The van der Waals surface area contributed by atoms with Crippen molar-refractivity contribution in [2.45, 2.75) is 18.9 Å². The maximum atomic E-state index is 12.9. The molecule has 1 unspecified atom stereocenters. The molecule has 3 aromatic rings. The molecule has 1 aliphatic rings. The highest BCUT2D eigenvalue weighted by atomic mass is 16.5. The van der Waals surface area contributed by atoms with Crippen LogP contribution in [0.4, 0.5) is 0 Å². The molecule has 1 amide bonds. The Labute approximate surface area is 150 Å². The standard InChI is InChI=1S/C20H16N4O2/c21-13-14-8-10-16(11-9-14)20(25)24-12-4-7-17(24)19-22-18(23-26-19)15-5-2-1-3-6-15/h1-3,5-6,8-11,17H,4,7,12H2. The van der Waals surface area contributed by atoms with Crippen molar-refractivity contribution >= 4 is 5.91 Å². The number of rotatable bonds is 3. The van der Waals surface area contributed by atoms with E-state index < -0.39 is 0 Å². The summed E-state index contributed by atoms with van der Waals surface area (Å²) < 4.78 is 5.46. The molecule has 0 bridgehead atoms. The van der Waals surface area contributed by atoms with E-state index in [0.717, 1.165) is 18.4 Å². The number of nitrogens with zero attached hydrogens (tertiary/aromatic N) is 4. The summed E-state index contributed by atoms with van der Waals surface area (Å²) in [6.07, 6.45) is 1.67. The number of hydrogen-bond acceptors (Lipinski definition) is 5. The molecule has 6 heteroatoms. The van der Waals surface area contributed by atoms with E-state index in [-0.39, 0.29) is 11.9 Å². The maximum absolute atomic E-state index is 12.9. The molecule has 0 radical (unpaired) electrons. The molecule has 0 spiro atoms. The Balaban J connectivity index is 1.58. The Hall–Kier alpha value is -3.46. The molecule has 4 rings (SSSR count). The predicted octanol–water partition coefficient (Wildman–Crippen LogP) is 3.59. The van der Waals surface area contributed by atoms with E-state index in [4.69, 9.17) is 9.78 Å². The smallest absolute Gasteiger partial charge is 0.254 e. The summed E-state index contributed by atoms with van der Waals surface area (Å²) in [5, 5.41) is 13.0. The fraction of sp³-hybridized carbons (Fsp3) is 0.200. The first-order chi connectivity index (χ1) is 12.8. The molecule has 1 atom stereocenters. The second-order valence-corrected chi connectivity index (χ2v) is 6.17. The number of hydrogen-bond donors (Lipinski definition) is 0. The van der Waals surface area contributed by atoms with E-state index in [1.807, 2.05) is 30.3 Å². The minimum absolute atomic E-state index is 0.0866. The SMILES string of the molecule is N#Cc1ccc(C(=O)N2CCCC2c2nc(-c3ccccc3)no2)cc1. The summed E-state index contributed by atoms with van der Waals surface area (Å²) in [4.78, 5) is 19.1. The molecule has 0 saturated carbocycles. The second kappa shape index (κ2) is 6.81. The van der Waals surface area contributed by atoms with E-state index in [9.17, 15) is 4.79 Å². The molecule has 128 valence electrons. The monoisotopic (exact) mass is 344 g/mol. The Morgan fingerprint density at radius 1 is 1.15 bits per heavy atom. The maximum Gasteiger partial charge on any atom is 0.254 e. The number of nitriles is 1. The third kappa shape index (κ3) is 2.95. The highest BCUT2D eigenvalue weighted by molar-refractivity contribution is 5.94. The first-order valence-electron chi connectivity index (χ1n) is 8.46. The zero-order chi connectivity index (χ0) is 17.9. The van der Waals surface area contributed by atoms with Crippen molar-refractivity contribution in [1.82, 2.24) is 15.0 Å². The molecule has 1 fully saturated rings. The van der Waals surface area contributed by atoms with Crippen molar-refractivity contribution in [3.8, 4) is 17.5 Å². The Morgan fingerprint density at radius 2 is 1.92 bits per heavy atom. The van der Waals surface area contributed by atoms with Gasteiger partial charge in [0.25, 0.3) is 5.91 Å². The van der Waals surface area contributed by atoms with Gasteiger partial charge in [0.05, 0.1) is 11.6 Å². The minimum Gasteiger partial charge on any atom is -0.337 e. The van der Waals surface area contributed by atoms with Crippen LogP contribution in [0.25, 0.3) is 11.4 Å². The van der Waals surface area contributed by atoms with Crippen LogP contribution in [0, 0.1) is 11.3 Å². The van der Waals surface area contributed by atoms with Crippen molar-refractivity contribution in [1.29, 1.82) is 5.26 Å². The van der Waals surface area contributed by atoms with Gasteiger partial charge in [0.2, 0.25) is 11.7 Å². The molecular formula is C20H16N4O2. The summed E-state index contributed by atoms with van der Waals surface area (Å²) in [5.41, 5.74) is 1.97. The van der Waals surface area contributed by atoms with E-state index >= 15 is 0 Å². The van der Waals surface area contributed by atoms with Gasteiger partial charge in [-0.05, 0) is 37.1 Å². The van der Waals surface area contributed by atoms with Gasteiger partial charge in [-0.2, -0.15) is 10.2 Å². The van der Waals surface area contributed by atoms with Crippen molar-refractivity contribution in [3.63, 3.8) is 0 Å². The van der Waals surface area contributed by atoms with E-state index in [2.05, 4.69) is 16.2 Å². The van der Waals surface area contributed by atoms with Crippen molar-refractivity contribution in [3.05, 3.63) is 71.6 Å². The molecule has 2 heterocycles. The predicted molar refractivity (Wildman–Crippen MR) is 93.9 cm³/mol. The third-order valence-corrected chi connectivity index (χ3v) is 4.53. The van der Waals surface area contributed by atoms with E-state index in [0.29, 0.717) is 29.4 Å². The molecular weight excluding hydrogens is 328 g/mol. The lowest BCUT2D eigenvalue weighted by Gasteiger charge is -2.21. The highest BCUT2D eigenvalue weighted by Gasteiger charge is 2.34. The van der Waals surface area contributed by atoms with Crippen LogP contribution in [0.5, 0.6) is 0 Å². The summed E-state index contributed by atoms with van der Waals surface area (Å²) in [6.45, 7) is 0.645. The molecule has 1 aromatic heterocycles. The number of carbonyl (C=O) groups excluding carboxylic acids is 1. The molecule has 2 aromatic carbocycles. The summed E-state index contributed by atoms with van der Waals surface area (Å²) in [5.74, 6) is 0.901. The molecule has 26 heavy (non-hydrogen) atoms. The van der Waals surface area contributed by atoms with Crippen LogP contribution in [-0.2, 0) is 0 Å². The van der Waals surface area contributed by atoms with Gasteiger partial charge in [0.1, 0.15) is 6.04 Å². The van der Waals surface area contributed by atoms with Gasteiger partial charge in [0, 0.05) is 17.7 Å². The first-order valence-corrected chi connectivity index (χ1v) is 8.46. The number of likely N-dealkylation sites (tertiary alicyclic amines) is 1. The van der Waals surface area contributed by atoms with E-state index in [1.54, 1.807) is 29.2 Å². The number of carbonyl (C=O) groups is 1. The number of aromatic nitrogens is 2. The van der Waals surface area contributed by atoms with Crippen LogP contribution in [0.2, 0.25) is 0 Å². The van der Waals surface area contributed by atoms with Crippen LogP contribution in [0.3, 0.4) is 0 Å². The quantitative estimate of drug-likeness (QED) is 0.725. The number of benzene rings is 2. The fourth-order valence-electron chi connectivity index (χ4n) is 3.19. The van der Waals surface area contributed by atoms with Crippen LogP contribution < -0.4 is 0 Å². The summed E-state index contributed by atoms with van der Waals surface area (Å²) >= 11 is 0. The Kier molecular flexibility index (Phi) is 4.20. The average molecular weight is 344 g/mol. The van der Waals surface area contributed by atoms with Gasteiger partial charge in [-0.3, -0.25) is 4.79 Å². The lowest BCUT2D eigenvalue weighted by Crippen LogP contribution is -2.30. The van der Waals surface area contributed by atoms with Crippen LogP contribution in [-0.4, -0.2) is 27.5 Å². The molecule has 1 aliphatic heterocycles. The summed E-state index contributed by atoms with van der Waals surface area (Å²) in [6, 6.07) is 18.1. The zero-order valence-electron chi connectivity index (χ0n) is 14.0. The lowest BCUT2D eigenvalue weighted by atomic mass is 10.1. The third-order valence-electron chi connectivity index (χ3n) is 4.53. The van der Waals surface area contributed by atoms with Crippen molar-refractivity contribution in [2.75, 3.05) is 6.54 Å². The molecule has 0 N–H and O–H groups in total. The molecule has 6 nitrogen and oxygen atoms in total. The van der Waals surface area contributed by atoms with Crippen LogP contribution in [0.15, 0.2) is 59.1 Å².